The Morgan fingerprint density at radius 2 is 1.59 bits per heavy atom. The zero-order chi connectivity index (χ0) is 22.0. The van der Waals surface area contributed by atoms with Gasteiger partial charge in [-0.25, -0.2) is 13.4 Å². The number of rotatable bonds is 6. The van der Waals surface area contributed by atoms with Gasteiger partial charge in [0, 0.05) is 30.8 Å². The lowest BCUT2D eigenvalue weighted by atomic mass is 10.0. The second-order valence-electron chi connectivity index (χ2n) is 8.53. The number of sulfone groups is 1. The molecule has 0 aliphatic carbocycles. The molecule has 0 unspecified atom stereocenters. The van der Waals surface area contributed by atoms with Crippen molar-refractivity contribution in [2.75, 3.05) is 19.3 Å². The highest BCUT2D eigenvalue weighted by atomic mass is 35.5. The molecular weight excluding hydrogens is 444 g/mol. The van der Waals surface area contributed by atoms with Gasteiger partial charge in [0.1, 0.15) is 5.76 Å². The van der Waals surface area contributed by atoms with Gasteiger partial charge in [-0.1, -0.05) is 30.7 Å². The number of hydrogen-bond acceptors (Lipinski definition) is 5. The maximum atomic E-state index is 11.6. The molecule has 3 aromatic rings. The standard InChI is InChI=1S/C25H30N2O3S.ClH/c1-18-6-4-5-16-27(18)17-15-24-19(2)30-25(26-24)22-9-7-20(8-10-22)21-11-13-23(14-12-21)31(3,28)29;/h7-14,18H,4-6,15-17H2,1-3H3;1H/t18-;/m0./s1. The Hall–Kier alpha value is -2.15. The predicted octanol–water partition coefficient (Wildman–Crippen LogP) is 5.56. The summed E-state index contributed by atoms with van der Waals surface area (Å²) in [5, 5.41) is 0. The molecule has 2 heterocycles. The van der Waals surface area contributed by atoms with Gasteiger partial charge in [0.2, 0.25) is 5.89 Å². The van der Waals surface area contributed by atoms with Crippen LogP contribution in [0.1, 0.15) is 37.6 Å². The van der Waals surface area contributed by atoms with E-state index >= 15 is 0 Å². The van der Waals surface area contributed by atoms with Crippen LogP contribution in [-0.2, 0) is 16.3 Å². The Kier molecular flexibility index (Phi) is 7.80. The molecule has 2 aromatic carbocycles. The molecule has 1 fully saturated rings. The molecular formula is C25H31ClN2O3S. The molecule has 4 rings (SSSR count). The van der Waals surface area contributed by atoms with E-state index in [1.165, 1.54) is 32.1 Å². The maximum absolute atomic E-state index is 11.6. The third kappa shape index (κ3) is 5.61. The normalized spacial score (nSPS) is 17.2. The zero-order valence-corrected chi connectivity index (χ0v) is 20.5. The molecule has 32 heavy (non-hydrogen) atoms. The van der Waals surface area contributed by atoms with Crippen molar-refractivity contribution >= 4 is 22.2 Å². The van der Waals surface area contributed by atoms with Crippen LogP contribution in [-0.4, -0.2) is 43.7 Å². The molecule has 1 aliphatic heterocycles. The third-order valence-corrected chi connectivity index (χ3v) is 7.35. The summed E-state index contributed by atoms with van der Waals surface area (Å²) in [6.07, 6.45) is 6.03. The van der Waals surface area contributed by atoms with Gasteiger partial charge >= 0.3 is 0 Å². The zero-order valence-electron chi connectivity index (χ0n) is 18.9. The quantitative estimate of drug-likeness (QED) is 0.468. The van der Waals surface area contributed by atoms with E-state index in [-0.39, 0.29) is 12.4 Å². The fourth-order valence-electron chi connectivity index (χ4n) is 4.22. The molecule has 0 spiro atoms. The maximum Gasteiger partial charge on any atom is 0.226 e. The Balaban J connectivity index is 0.00000289. The first-order valence-corrected chi connectivity index (χ1v) is 12.8. The van der Waals surface area contributed by atoms with Crippen molar-refractivity contribution in [3.8, 4) is 22.6 Å². The van der Waals surface area contributed by atoms with Crippen LogP contribution in [0.4, 0.5) is 0 Å². The molecule has 0 saturated carbocycles. The van der Waals surface area contributed by atoms with Crippen LogP contribution in [0.5, 0.6) is 0 Å². The minimum Gasteiger partial charge on any atom is -0.441 e. The highest BCUT2D eigenvalue weighted by Crippen LogP contribution is 2.27. The van der Waals surface area contributed by atoms with Crippen molar-refractivity contribution in [2.45, 2.75) is 50.5 Å². The molecule has 1 atom stereocenters. The molecule has 1 saturated heterocycles. The molecule has 172 valence electrons. The lowest BCUT2D eigenvalue weighted by Crippen LogP contribution is -2.38. The topological polar surface area (TPSA) is 63.4 Å². The van der Waals surface area contributed by atoms with E-state index in [1.54, 1.807) is 12.1 Å². The average molecular weight is 475 g/mol. The van der Waals surface area contributed by atoms with Gasteiger partial charge in [0.25, 0.3) is 0 Å². The number of nitrogens with zero attached hydrogens (tertiary/aromatic N) is 2. The number of oxazole rings is 1. The van der Waals surface area contributed by atoms with E-state index in [1.807, 2.05) is 43.3 Å². The summed E-state index contributed by atoms with van der Waals surface area (Å²) in [6.45, 7) is 6.51. The van der Waals surface area contributed by atoms with Crippen molar-refractivity contribution in [3.63, 3.8) is 0 Å². The molecule has 0 bridgehead atoms. The Bertz CT molecular complexity index is 1140. The molecule has 0 amide bonds. The van der Waals surface area contributed by atoms with E-state index in [0.717, 1.165) is 41.1 Å². The highest BCUT2D eigenvalue weighted by Gasteiger charge is 2.19. The van der Waals surface area contributed by atoms with Crippen LogP contribution >= 0.6 is 12.4 Å². The first kappa shape index (κ1) is 24.5. The number of halogens is 1. The van der Waals surface area contributed by atoms with Crippen molar-refractivity contribution in [3.05, 3.63) is 60.0 Å². The van der Waals surface area contributed by atoms with E-state index in [9.17, 15) is 8.42 Å². The van der Waals surface area contributed by atoms with Gasteiger partial charge in [-0.3, -0.25) is 0 Å². The van der Waals surface area contributed by atoms with E-state index < -0.39 is 9.84 Å². The summed E-state index contributed by atoms with van der Waals surface area (Å²) >= 11 is 0. The lowest BCUT2D eigenvalue weighted by molar-refractivity contribution is 0.162. The number of hydrogen-bond donors (Lipinski definition) is 0. The first-order valence-electron chi connectivity index (χ1n) is 10.9. The van der Waals surface area contributed by atoms with E-state index in [2.05, 4.69) is 11.8 Å². The number of aromatic nitrogens is 1. The third-order valence-electron chi connectivity index (χ3n) is 6.22. The van der Waals surface area contributed by atoms with Crippen molar-refractivity contribution in [2.24, 2.45) is 0 Å². The molecule has 0 radical (unpaired) electrons. The fraction of sp³-hybridized carbons (Fsp3) is 0.400. The first-order chi connectivity index (χ1) is 14.8. The van der Waals surface area contributed by atoms with Gasteiger partial charge < -0.3 is 9.32 Å². The van der Waals surface area contributed by atoms with Crippen LogP contribution in [0.3, 0.4) is 0 Å². The second kappa shape index (κ2) is 10.2. The van der Waals surface area contributed by atoms with Crippen LogP contribution in [0.25, 0.3) is 22.6 Å². The summed E-state index contributed by atoms with van der Waals surface area (Å²) in [4.78, 5) is 7.66. The summed E-state index contributed by atoms with van der Waals surface area (Å²) in [5.74, 6) is 1.54. The monoisotopic (exact) mass is 474 g/mol. The summed E-state index contributed by atoms with van der Waals surface area (Å²) in [7, 11) is -3.19. The van der Waals surface area contributed by atoms with Crippen molar-refractivity contribution in [1.82, 2.24) is 9.88 Å². The molecule has 7 heteroatoms. The molecule has 0 N–H and O–H groups in total. The smallest absolute Gasteiger partial charge is 0.226 e. The van der Waals surface area contributed by atoms with E-state index in [4.69, 9.17) is 9.40 Å². The minimum absolute atomic E-state index is 0. The van der Waals surface area contributed by atoms with Crippen LogP contribution in [0.15, 0.2) is 57.8 Å². The van der Waals surface area contributed by atoms with Gasteiger partial charge in [-0.05, 0) is 68.6 Å². The summed E-state index contributed by atoms with van der Waals surface area (Å²) < 4.78 is 29.3. The molecule has 1 aromatic heterocycles. The number of aryl methyl sites for hydroxylation is 1. The van der Waals surface area contributed by atoms with Crippen LogP contribution in [0, 0.1) is 6.92 Å². The second-order valence-corrected chi connectivity index (χ2v) is 10.5. The summed E-state index contributed by atoms with van der Waals surface area (Å²) in [5.41, 5.74) is 3.97. The van der Waals surface area contributed by atoms with Gasteiger partial charge in [0.05, 0.1) is 10.6 Å². The van der Waals surface area contributed by atoms with Gasteiger partial charge in [-0.2, -0.15) is 0 Å². The Morgan fingerprint density at radius 1 is 1.00 bits per heavy atom. The average Bonchev–Trinajstić information content (AvgIpc) is 3.13. The molecule has 5 nitrogen and oxygen atoms in total. The number of likely N-dealkylation sites (tertiary alicyclic amines) is 1. The van der Waals surface area contributed by atoms with Crippen LogP contribution in [0.2, 0.25) is 0 Å². The van der Waals surface area contributed by atoms with Crippen LogP contribution < -0.4 is 0 Å². The van der Waals surface area contributed by atoms with Crippen molar-refractivity contribution in [1.29, 1.82) is 0 Å². The Morgan fingerprint density at radius 3 is 2.19 bits per heavy atom. The Labute approximate surface area is 197 Å². The largest absolute Gasteiger partial charge is 0.441 e. The predicted molar refractivity (Wildman–Crippen MR) is 131 cm³/mol. The minimum atomic E-state index is -3.19. The number of piperidine rings is 1. The fourth-order valence-corrected chi connectivity index (χ4v) is 4.85. The highest BCUT2D eigenvalue weighted by molar-refractivity contribution is 7.90. The SMILES string of the molecule is Cc1oc(-c2ccc(-c3ccc(S(C)(=O)=O)cc3)cc2)nc1CCN1CCCC[C@@H]1C.Cl. The lowest BCUT2D eigenvalue weighted by Gasteiger charge is -2.33. The molecule has 1 aliphatic rings. The summed E-state index contributed by atoms with van der Waals surface area (Å²) in [6, 6.07) is 15.6. The number of benzene rings is 2. The van der Waals surface area contributed by atoms with Gasteiger partial charge in [-0.15, -0.1) is 12.4 Å². The van der Waals surface area contributed by atoms with E-state index in [0.29, 0.717) is 16.8 Å². The van der Waals surface area contributed by atoms with Crippen molar-refractivity contribution < 1.29 is 12.8 Å². The van der Waals surface area contributed by atoms with Gasteiger partial charge in [0.15, 0.2) is 9.84 Å².